The predicted molar refractivity (Wildman–Crippen MR) is 141 cm³/mol. The van der Waals surface area contributed by atoms with Crippen LogP contribution in [0, 0.1) is 13.8 Å². The van der Waals surface area contributed by atoms with E-state index in [0.29, 0.717) is 25.6 Å². The summed E-state index contributed by atoms with van der Waals surface area (Å²) < 4.78 is 5.73. The van der Waals surface area contributed by atoms with Crippen LogP contribution >= 0.6 is 0 Å². The normalized spacial score (nSPS) is 17.1. The molecule has 34 heavy (non-hydrogen) atoms. The Bertz CT molecular complexity index is 1560. The van der Waals surface area contributed by atoms with Gasteiger partial charge in [-0.25, -0.2) is 0 Å². The molecular weight excluding hydrogens is 554 g/mol. The summed E-state index contributed by atoms with van der Waals surface area (Å²) in [5, 5.41) is 0. The Morgan fingerprint density at radius 3 is 1.82 bits per heavy atom. The maximum absolute atomic E-state index is 13.4. The molecule has 0 saturated carbocycles. The number of amides is 2. The standard InChI is InChI=1S/C28H22N2O2Se2/c1-15-5-8-18-20(13-15)29(3)27(31)25(18)26-19-9-7-17(14-21(19)30(4)28(26)32)22-11-12-24(34-22)23-10-6-16(2)33-23/h5-14H,1-4H3/b26-25+. The molecule has 0 saturated heterocycles. The molecular formula is C28H22N2O2Se2. The van der Waals surface area contributed by atoms with E-state index in [9.17, 15) is 9.59 Å². The number of benzene rings is 2. The molecule has 2 aliphatic heterocycles. The van der Waals surface area contributed by atoms with Gasteiger partial charge in [-0.05, 0) is 0 Å². The van der Waals surface area contributed by atoms with Crippen molar-refractivity contribution in [1.29, 1.82) is 0 Å². The number of carbonyl (C=O) groups excluding carboxylic acids is 2. The fourth-order valence-electron chi connectivity index (χ4n) is 4.76. The SMILES string of the molecule is Cc1ccc2c(c1)N(C)C(=O)/C2=C1/C(=O)N(C)c2cc(-c3ccc(-c4ccc(C)[se]4)[se]3)ccc21. The number of likely N-dealkylation sites (N-methyl/N-ethyl adjacent to an activating group) is 2. The number of fused-ring (bicyclic) bond motifs is 2. The number of hydrogen-bond acceptors (Lipinski definition) is 2. The minimum absolute atomic E-state index is 0.123. The third-order valence-electron chi connectivity index (χ3n) is 6.57. The van der Waals surface area contributed by atoms with E-state index < -0.39 is 0 Å². The van der Waals surface area contributed by atoms with Crippen LogP contribution in [-0.2, 0) is 9.59 Å². The molecule has 0 N–H and O–H groups in total. The fourth-order valence-corrected chi connectivity index (χ4v) is 9.26. The summed E-state index contributed by atoms with van der Waals surface area (Å²) in [6.45, 7) is 4.21. The van der Waals surface area contributed by atoms with Crippen LogP contribution in [0.15, 0.2) is 60.7 Å². The number of aryl methyl sites for hydroxylation is 2. The zero-order valence-corrected chi connectivity index (χ0v) is 22.7. The van der Waals surface area contributed by atoms with Crippen molar-refractivity contribution < 1.29 is 9.59 Å². The van der Waals surface area contributed by atoms with Gasteiger partial charge in [0.15, 0.2) is 0 Å². The van der Waals surface area contributed by atoms with Crippen molar-refractivity contribution in [3.05, 3.63) is 81.8 Å². The molecule has 4 nitrogen and oxygen atoms in total. The second-order valence-corrected chi connectivity index (χ2v) is 13.8. The third-order valence-corrected chi connectivity index (χ3v) is 11.8. The van der Waals surface area contributed by atoms with Gasteiger partial charge in [-0.3, -0.25) is 0 Å². The summed E-state index contributed by atoms with van der Waals surface area (Å²) in [7, 11) is 3.58. The summed E-state index contributed by atoms with van der Waals surface area (Å²) in [5.41, 5.74) is 6.65. The van der Waals surface area contributed by atoms with Gasteiger partial charge in [-0.1, -0.05) is 0 Å². The molecule has 2 aromatic heterocycles. The van der Waals surface area contributed by atoms with Crippen LogP contribution < -0.4 is 9.80 Å². The van der Waals surface area contributed by atoms with Crippen molar-refractivity contribution >= 4 is 63.3 Å². The van der Waals surface area contributed by atoms with Crippen molar-refractivity contribution in [2.45, 2.75) is 13.8 Å². The molecule has 4 heterocycles. The number of hydrogen-bond donors (Lipinski definition) is 0. The van der Waals surface area contributed by atoms with Crippen LogP contribution in [0.1, 0.15) is 21.1 Å². The summed E-state index contributed by atoms with van der Waals surface area (Å²) in [6, 6.07) is 21.2. The molecule has 0 fully saturated rings. The monoisotopic (exact) mass is 578 g/mol. The van der Waals surface area contributed by atoms with Crippen molar-refractivity contribution in [3.63, 3.8) is 0 Å². The Morgan fingerprint density at radius 1 is 0.618 bits per heavy atom. The first-order chi connectivity index (χ1) is 16.3. The second kappa shape index (κ2) is 7.83. The van der Waals surface area contributed by atoms with Crippen LogP contribution in [0.2, 0.25) is 0 Å². The summed E-state index contributed by atoms with van der Waals surface area (Å²) in [5.74, 6) is -0.247. The Kier molecular flexibility index (Phi) is 4.98. The first-order valence-electron chi connectivity index (χ1n) is 11.1. The van der Waals surface area contributed by atoms with Crippen molar-refractivity contribution in [2.75, 3.05) is 23.9 Å². The van der Waals surface area contributed by atoms with Gasteiger partial charge in [0.1, 0.15) is 0 Å². The van der Waals surface area contributed by atoms with E-state index >= 15 is 0 Å². The van der Waals surface area contributed by atoms with Crippen LogP contribution in [-0.4, -0.2) is 54.9 Å². The quantitative estimate of drug-likeness (QED) is 0.258. The molecule has 0 bridgehead atoms. The molecule has 2 aromatic carbocycles. The number of carbonyl (C=O) groups is 2. The summed E-state index contributed by atoms with van der Waals surface area (Å²) >= 11 is 0.696. The van der Waals surface area contributed by atoms with Crippen LogP contribution in [0.3, 0.4) is 0 Å². The van der Waals surface area contributed by atoms with Gasteiger partial charge in [0.2, 0.25) is 0 Å². The first kappa shape index (κ1) is 21.6. The van der Waals surface area contributed by atoms with Gasteiger partial charge >= 0.3 is 211 Å². The zero-order valence-electron chi connectivity index (χ0n) is 19.3. The van der Waals surface area contributed by atoms with Gasteiger partial charge in [0, 0.05) is 0 Å². The van der Waals surface area contributed by atoms with Crippen molar-refractivity contribution in [1.82, 2.24) is 0 Å². The summed E-state index contributed by atoms with van der Waals surface area (Å²) in [4.78, 5) is 30.0. The molecule has 168 valence electrons. The number of nitrogens with zero attached hydrogens (tertiary/aromatic N) is 2. The Balaban J connectivity index is 1.47. The Hall–Kier alpha value is -2.88. The van der Waals surface area contributed by atoms with E-state index in [1.54, 1.807) is 23.9 Å². The predicted octanol–water partition coefficient (Wildman–Crippen LogP) is 4.62. The number of rotatable bonds is 2. The zero-order chi connectivity index (χ0) is 23.7. The summed E-state index contributed by atoms with van der Waals surface area (Å²) in [6.07, 6.45) is 0. The van der Waals surface area contributed by atoms with Crippen LogP contribution in [0.25, 0.3) is 30.0 Å². The second-order valence-electron chi connectivity index (χ2n) is 8.81. The van der Waals surface area contributed by atoms with E-state index in [-0.39, 0.29) is 26.3 Å². The Labute approximate surface area is 210 Å². The van der Waals surface area contributed by atoms with Gasteiger partial charge < -0.3 is 0 Å². The van der Waals surface area contributed by atoms with E-state index in [1.807, 2.05) is 31.2 Å². The van der Waals surface area contributed by atoms with Crippen LogP contribution in [0.5, 0.6) is 0 Å². The van der Waals surface area contributed by atoms with Crippen molar-refractivity contribution in [3.8, 4) is 18.9 Å². The molecule has 6 rings (SSSR count). The van der Waals surface area contributed by atoms with Gasteiger partial charge in [-0.15, -0.1) is 0 Å². The van der Waals surface area contributed by atoms with E-state index in [4.69, 9.17) is 0 Å². The molecule has 4 aromatic rings. The van der Waals surface area contributed by atoms with Crippen molar-refractivity contribution in [2.24, 2.45) is 0 Å². The van der Waals surface area contributed by atoms with Gasteiger partial charge in [0.05, 0.1) is 0 Å². The topological polar surface area (TPSA) is 40.6 Å². The van der Waals surface area contributed by atoms with Gasteiger partial charge in [0.25, 0.3) is 0 Å². The molecule has 6 heteroatoms. The van der Waals surface area contributed by atoms with Gasteiger partial charge in [-0.2, -0.15) is 0 Å². The van der Waals surface area contributed by atoms with E-state index in [2.05, 4.69) is 43.3 Å². The molecule has 0 spiro atoms. The molecule has 2 aliphatic rings. The molecule has 2 amide bonds. The maximum atomic E-state index is 13.4. The van der Waals surface area contributed by atoms with E-state index in [0.717, 1.165) is 33.6 Å². The molecule has 0 atom stereocenters. The third kappa shape index (κ3) is 3.18. The molecule has 0 unspecified atom stereocenters. The molecule has 0 radical (unpaired) electrons. The molecule has 0 aliphatic carbocycles. The minimum atomic E-state index is -0.124. The van der Waals surface area contributed by atoms with Crippen LogP contribution in [0.4, 0.5) is 11.4 Å². The van der Waals surface area contributed by atoms with E-state index in [1.165, 1.54) is 17.7 Å². The Morgan fingerprint density at radius 2 is 1.18 bits per heavy atom. The fraction of sp³-hybridized carbons (Fsp3) is 0.143. The first-order valence-corrected chi connectivity index (χ1v) is 14.5. The number of anilines is 2. The average Bonchev–Trinajstić information content (AvgIpc) is 3.58. The average molecular weight is 576 g/mol.